The number of nitrogens with zero attached hydrogens (tertiary/aromatic N) is 2. The third-order valence-corrected chi connectivity index (χ3v) is 5.66. The second-order valence-corrected chi connectivity index (χ2v) is 7.65. The van der Waals surface area contributed by atoms with Crippen molar-refractivity contribution in [3.63, 3.8) is 0 Å². The van der Waals surface area contributed by atoms with Gasteiger partial charge in [0.15, 0.2) is 0 Å². The minimum atomic E-state index is -0.381. The highest BCUT2D eigenvalue weighted by atomic mass is 32.1. The second-order valence-electron chi connectivity index (χ2n) is 6.45. The summed E-state index contributed by atoms with van der Waals surface area (Å²) in [6.45, 7) is 2.40. The van der Waals surface area contributed by atoms with Gasteiger partial charge in [-0.05, 0) is 30.2 Å². The first kappa shape index (κ1) is 18.1. The lowest BCUT2D eigenvalue weighted by Gasteiger charge is -2.07. The van der Waals surface area contributed by atoms with Gasteiger partial charge in [-0.2, -0.15) is 0 Å². The molecule has 0 bridgehead atoms. The highest BCUT2D eigenvalue weighted by Gasteiger charge is 2.17. The van der Waals surface area contributed by atoms with Gasteiger partial charge in [0.2, 0.25) is 0 Å². The Morgan fingerprint density at radius 3 is 2.50 bits per heavy atom. The number of methoxy groups -OCH3 is 1. The number of fused-ring (bicyclic) bond motifs is 1. The number of aryl methyl sites for hydroxylation is 1. The van der Waals surface area contributed by atoms with Crippen molar-refractivity contribution in [2.24, 2.45) is 0 Å². The van der Waals surface area contributed by atoms with Crippen molar-refractivity contribution in [1.29, 1.82) is 0 Å². The lowest BCUT2D eigenvalue weighted by molar-refractivity contribution is 0.0600. The summed E-state index contributed by atoms with van der Waals surface area (Å²) in [5, 5.41) is 0.655. The van der Waals surface area contributed by atoms with E-state index >= 15 is 0 Å². The van der Waals surface area contributed by atoms with Crippen LogP contribution in [0.2, 0.25) is 0 Å². The molecule has 0 saturated heterocycles. The van der Waals surface area contributed by atoms with Crippen LogP contribution < -0.4 is 5.56 Å². The molecule has 0 unspecified atom stereocenters. The van der Waals surface area contributed by atoms with Crippen LogP contribution >= 0.6 is 11.3 Å². The van der Waals surface area contributed by atoms with Gasteiger partial charge in [-0.25, -0.2) is 9.78 Å². The zero-order valence-electron chi connectivity index (χ0n) is 15.5. The van der Waals surface area contributed by atoms with Crippen molar-refractivity contribution >= 4 is 27.5 Å². The van der Waals surface area contributed by atoms with E-state index in [0.29, 0.717) is 17.5 Å². The van der Waals surface area contributed by atoms with Crippen LogP contribution in [0.15, 0.2) is 65.7 Å². The number of rotatable bonds is 4. The Morgan fingerprint density at radius 1 is 1.11 bits per heavy atom. The Labute approximate surface area is 165 Å². The number of carbonyl (C=O) groups excluding carboxylic acids is 1. The largest absolute Gasteiger partial charge is 0.465 e. The molecule has 6 heteroatoms. The monoisotopic (exact) mass is 390 g/mol. The molecule has 4 rings (SSSR count). The fourth-order valence-electron chi connectivity index (χ4n) is 3.26. The van der Waals surface area contributed by atoms with Crippen molar-refractivity contribution in [3.8, 4) is 11.1 Å². The van der Waals surface area contributed by atoms with Crippen LogP contribution in [0.3, 0.4) is 0 Å². The molecule has 4 aromatic rings. The van der Waals surface area contributed by atoms with Gasteiger partial charge < -0.3 is 4.74 Å². The average Bonchev–Trinajstić information content (AvgIpc) is 3.07. The van der Waals surface area contributed by atoms with Crippen LogP contribution in [0.4, 0.5) is 0 Å². The fraction of sp³-hybridized carbons (Fsp3) is 0.136. The first-order valence-electron chi connectivity index (χ1n) is 8.79. The van der Waals surface area contributed by atoms with E-state index in [2.05, 4.69) is 4.98 Å². The van der Waals surface area contributed by atoms with Gasteiger partial charge >= 0.3 is 5.97 Å². The third-order valence-electron chi connectivity index (χ3n) is 4.65. The predicted molar refractivity (Wildman–Crippen MR) is 111 cm³/mol. The zero-order chi connectivity index (χ0) is 19.7. The summed E-state index contributed by atoms with van der Waals surface area (Å²) in [4.78, 5) is 31.1. The van der Waals surface area contributed by atoms with Crippen molar-refractivity contribution < 1.29 is 9.53 Å². The van der Waals surface area contributed by atoms with E-state index in [4.69, 9.17) is 4.74 Å². The molecule has 0 aliphatic heterocycles. The first-order valence-corrected chi connectivity index (χ1v) is 9.61. The molecule has 140 valence electrons. The highest BCUT2D eigenvalue weighted by molar-refractivity contribution is 7.19. The number of esters is 1. The molecule has 0 radical (unpaired) electrons. The van der Waals surface area contributed by atoms with Crippen molar-refractivity contribution in [1.82, 2.24) is 9.55 Å². The maximum atomic E-state index is 13.2. The number of carbonyl (C=O) groups is 1. The van der Waals surface area contributed by atoms with Crippen LogP contribution in [0, 0.1) is 6.92 Å². The summed E-state index contributed by atoms with van der Waals surface area (Å²) in [5.74, 6) is -0.381. The topological polar surface area (TPSA) is 61.2 Å². The Hall–Kier alpha value is -3.25. The molecule has 0 spiro atoms. The van der Waals surface area contributed by atoms with Crippen molar-refractivity contribution in [2.45, 2.75) is 13.5 Å². The van der Waals surface area contributed by atoms with Gasteiger partial charge in [0.25, 0.3) is 5.56 Å². The lowest BCUT2D eigenvalue weighted by atomic mass is 10.0. The number of ether oxygens (including phenoxy) is 1. The van der Waals surface area contributed by atoms with Crippen LogP contribution in [0.25, 0.3) is 21.3 Å². The van der Waals surface area contributed by atoms with Gasteiger partial charge in [0, 0.05) is 10.4 Å². The quantitative estimate of drug-likeness (QED) is 0.488. The molecule has 0 N–H and O–H groups in total. The molecular formula is C22H18N2O3S. The van der Waals surface area contributed by atoms with Crippen molar-refractivity contribution in [3.05, 3.63) is 87.3 Å². The van der Waals surface area contributed by atoms with Gasteiger partial charge in [-0.3, -0.25) is 9.36 Å². The molecule has 0 saturated carbocycles. The van der Waals surface area contributed by atoms with Crippen LogP contribution in [-0.2, 0) is 11.3 Å². The smallest absolute Gasteiger partial charge is 0.337 e. The molecule has 2 aromatic carbocycles. The Kier molecular flexibility index (Phi) is 4.79. The molecule has 2 heterocycles. The van der Waals surface area contributed by atoms with Gasteiger partial charge in [-0.15, -0.1) is 11.3 Å². The summed E-state index contributed by atoms with van der Waals surface area (Å²) in [6.07, 6.45) is 1.59. The number of benzene rings is 2. The van der Waals surface area contributed by atoms with E-state index in [9.17, 15) is 9.59 Å². The molecule has 0 atom stereocenters. The molecule has 28 heavy (non-hydrogen) atoms. The summed E-state index contributed by atoms with van der Waals surface area (Å²) >= 11 is 1.53. The number of hydrogen-bond acceptors (Lipinski definition) is 5. The van der Waals surface area contributed by atoms with Gasteiger partial charge in [0.1, 0.15) is 4.83 Å². The molecule has 0 aliphatic carbocycles. The van der Waals surface area contributed by atoms with Crippen LogP contribution in [-0.4, -0.2) is 22.6 Å². The fourth-order valence-corrected chi connectivity index (χ4v) is 4.27. The van der Waals surface area contributed by atoms with E-state index < -0.39 is 0 Å². The summed E-state index contributed by atoms with van der Waals surface area (Å²) < 4.78 is 6.32. The minimum absolute atomic E-state index is 0.0646. The summed E-state index contributed by atoms with van der Waals surface area (Å²) in [6, 6.07) is 17.0. The molecule has 0 fully saturated rings. The Balaban J connectivity index is 1.76. The number of aromatic nitrogens is 2. The van der Waals surface area contributed by atoms with Crippen LogP contribution in [0.5, 0.6) is 0 Å². The van der Waals surface area contributed by atoms with E-state index in [1.54, 1.807) is 23.0 Å². The maximum absolute atomic E-state index is 13.2. The Morgan fingerprint density at radius 2 is 1.82 bits per heavy atom. The predicted octanol–water partition coefficient (Wildman–Crippen LogP) is 4.27. The first-order chi connectivity index (χ1) is 13.6. The SMILES string of the molecule is COC(=O)c1ccc(Cn2cnc3sc(C)c(-c4ccccc4)c3c2=O)cc1. The third kappa shape index (κ3) is 3.23. The van der Waals surface area contributed by atoms with E-state index in [1.165, 1.54) is 18.4 Å². The maximum Gasteiger partial charge on any atom is 0.337 e. The summed E-state index contributed by atoms with van der Waals surface area (Å²) in [5.41, 5.74) is 3.29. The highest BCUT2D eigenvalue weighted by Crippen LogP contribution is 2.35. The Bertz CT molecular complexity index is 1210. The molecule has 2 aromatic heterocycles. The van der Waals surface area contributed by atoms with Crippen LogP contribution in [0.1, 0.15) is 20.8 Å². The van der Waals surface area contributed by atoms with Gasteiger partial charge in [-0.1, -0.05) is 42.5 Å². The van der Waals surface area contributed by atoms with Gasteiger partial charge in [0.05, 0.1) is 30.9 Å². The van der Waals surface area contributed by atoms with E-state index in [0.717, 1.165) is 26.4 Å². The van der Waals surface area contributed by atoms with E-state index in [1.807, 2.05) is 49.4 Å². The standard InChI is InChI=1S/C22H18N2O3S/c1-14-18(16-6-4-3-5-7-16)19-20(28-14)23-13-24(21(19)25)12-15-8-10-17(11-9-15)22(26)27-2/h3-11,13H,12H2,1-2H3. The normalized spacial score (nSPS) is 10.9. The number of hydrogen-bond donors (Lipinski definition) is 0. The summed E-state index contributed by atoms with van der Waals surface area (Å²) in [7, 11) is 1.35. The van der Waals surface area contributed by atoms with E-state index in [-0.39, 0.29) is 11.5 Å². The molecule has 5 nitrogen and oxygen atoms in total. The lowest BCUT2D eigenvalue weighted by Crippen LogP contribution is -2.21. The average molecular weight is 390 g/mol. The molecule has 0 amide bonds. The van der Waals surface area contributed by atoms with Crippen molar-refractivity contribution in [2.75, 3.05) is 7.11 Å². The zero-order valence-corrected chi connectivity index (χ0v) is 16.3. The molecule has 0 aliphatic rings. The second kappa shape index (κ2) is 7.40. The number of thiophene rings is 1. The molecular weight excluding hydrogens is 372 g/mol. The minimum Gasteiger partial charge on any atom is -0.465 e.